The number of rotatable bonds is 2. The van der Waals surface area contributed by atoms with Gasteiger partial charge in [0.15, 0.2) is 0 Å². The number of benzene rings is 1. The van der Waals surface area contributed by atoms with Crippen LogP contribution in [0.4, 0.5) is 10.5 Å². The molecule has 0 radical (unpaired) electrons. The van der Waals surface area contributed by atoms with Crippen LogP contribution >= 0.6 is 0 Å². The lowest BCUT2D eigenvalue weighted by molar-refractivity contribution is 0.114. The number of methoxy groups -OCH3 is 1. The van der Waals surface area contributed by atoms with Crippen molar-refractivity contribution in [1.82, 2.24) is 4.90 Å². The van der Waals surface area contributed by atoms with E-state index in [4.69, 9.17) is 10.00 Å². The third kappa shape index (κ3) is 2.87. The van der Waals surface area contributed by atoms with Crippen LogP contribution in [0.2, 0.25) is 0 Å². The smallest absolute Gasteiger partial charge is 0.407 e. The normalized spacial score (nSPS) is 21.8. The van der Waals surface area contributed by atoms with Crippen LogP contribution in [0.1, 0.15) is 19.4 Å². The van der Waals surface area contributed by atoms with Crippen LogP contribution in [0.3, 0.4) is 0 Å². The molecule has 1 saturated heterocycles. The first-order valence-electron chi connectivity index (χ1n) is 6.82. The Morgan fingerprint density at radius 1 is 1.38 bits per heavy atom. The fraction of sp³-hybridized carbons (Fsp3) is 0.467. The second kappa shape index (κ2) is 5.92. The van der Waals surface area contributed by atoms with Gasteiger partial charge in [-0.1, -0.05) is 0 Å². The molecule has 0 bridgehead atoms. The van der Waals surface area contributed by atoms with E-state index in [9.17, 15) is 9.90 Å². The number of piperazine rings is 1. The van der Waals surface area contributed by atoms with Crippen LogP contribution in [0.15, 0.2) is 18.2 Å². The number of ether oxygens (including phenoxy) is 1. The zero-order valence-corrected chi connectivity index (χ0v) is 12.4. The van der Waals surface area contributed by atoms with Gasteiger partial charge in [-0.15, -0.1) is 0 Å². The average molecular weight is 289 g/mol. The van der Waals surface area contributed by atoms with Gasteiger partial charge >= 0.3 is 6.09 Å². The highest BCUT2D eigenvalue weighted by molar-refractivity contribution is 5.66. The molecule has 1 aliphatic heterocycles. The lowest BCUT2D eigenvalue weighted by atomic mass is 10.1. The van der Waals surface area contributed by atoms with E-state index in [0.29, 0.717) is 24.4 Å². The molecule has 0 spiro atoms. The van der Waals surface area contributed by atoms with Gasteiger partial charge in [0, 0.05) is 36.9 Å². The van der Waals surface area contributed by atoms with Gasteiger partial charge in [0.2, 0.25) is 0 Å². The predicted octanol–water partition coefficient (Wildman–Crippen LogP) is 2.14. The van der Waals surface area contributed by atoms with Crippen LogP contribution in [-0.4, -0.2) is 48.4 Å². The van der Waals surface area contributed by atoms with Gasteiger partial charge in [-0.25, -0.2) is 4.79 Å². The summed E-state index contributed by atoms with van der Waals surface area (Å²) in [5.41, 5.74) is 1.43. The predicted molar refractivity (Wildman–Crippen MR) is 78.7 cm³/mol. The number of nitriles is 1. The van der Waals surface area contributed by atoms with E-state index >= 15 is 0 Å². The van der Waals surface area contributed by atoms with Crippen molar-refractivity contribution in [2.24, 2.45) is 0 Å². The Labute approximate surface area is 124 Å². The second-order valence-electron chi connectivity index (χ2n) is 5.28. The van der Waals surface area contributed by atoms with Gasteiger partial charge in [0.25, 0.3) is 0 Å². The third-order valence-electron chi connectivity index (χ3n) is 3.87. The second-order valence-corrected chi connectivity index (χ2v) is 5.28. The zero-order chi connectivity index (χ0) is 15.6. The quantitative estimate of drug-likeness (QED) is 0.902. The molecule has 0 saturated carbocycles. The highest BCUT2D eigenvalue weighted by atomic mass is 16.5. The summed E-state index contributed by atoms with van der Waals surface area (Å²) in [5, 5.41) is 18.2. The summed E-state index contributed by atoms with van der Waals surface area (Å²) in [4.78, 5) is 14.8. The molecule has 2 rings (SSSR count). The van der Waals surface area contributed by atoms with Crippen molar-refractivity contribution in [3.8, 4) is 11.8 Å². The van der Waals surface area contributed by atoms with E-state index in [0.717, 1.165) is 5.69 Å². The van der Waals surface area contributed by atoms with E-state index in [-0.39, 0.29) is 12.1 Å². The average Bonchev–Trinajstić information content (AvgIpc) is 2.48. The molecule has 0 aromatic heterocycles. The summed E-state index contributed by atoms with van der Waals surface area (Å²) in [5.74, 6) is 0.538. The van der Waals surface area contributed by atoms with E-state index in [2.05, 4.69) is 11.0 Å². The molecule has 1 heterocycles. The zero-order valence-electron chi connectivity index (χ0n) is 12.4. The molecule has 6 heteroatoms. The van der Waals surface area contributed by atoms with Crippen molar-refractivity contribution in [2.75, 3.05) is 25.1 Å². The summed E-state index contributed by atoms with van der Waals surface area (Å²) in [7, 11) is 1.54. The summed E-state index contributed by atoms with van der Waals surface area (Å²) in [6.45, 7) is 4.96. The summed E-state index contributed by atoms with van der Waals surface area (Å²) < 4.78 is 5.24. The van der Waals surface area contributed by atoms with Gasteiger partial charge < -0.3 is 19.6 Å². The standard InChI is InChI=1S/C15H19N3O3/c1-10-9-18(15(19)20)11(2)8-17(10)13-5-4-12(7-16)14(6-13)21-3/h4-6,10-11H,8-9H2,1-3H3,(H,19,20)/t10-,11+/m0/s1. The van der Waals surface area contributed by atoms with Gasteiger partial charge in [0.05, 0.1) is 12.7 Å². The number of nitrogens with zero attached hydrogens (tertiary/aromatic N) is 3. The van der Waals surface area contributed by atoms with Crippen molar-refractivity contribution in [3.63, 3.8) is 0 Å². The van der Waals surface area contributed by atoms with E-state index < -0.39 is 6.09 Å². The Hall–Kier alpha value is -2.42. The number of anilines is 1. The largest absolute Gasteiger partial charge is 0.495 e. The number of hydrogen-bond acceptors (Lipinski definition) is 4. The highest BCUT2D eigenvalue weighted by Gasteiger charge is 2.32. The van der Waals surface area contributed by atoms with Crippen molar-refractivity contribution < 1.29 is 14.6 Å². The van der Waals surface area contributed by atoms with Crippen molar-refractivity contribution >= 4 is 11.8 Å². The minimum atomic E-state index is -0.883. The summed E-state index contributed by atoms with van der Waals surface area (Å²) in [6, 6.07) is 7.51. The summed E-state index contributed by atoms with van der Waals surface area (Å²) >= 11 is 0. The van der Waals surface area contributed by atoms with Gasteiger partial charge in [0.1, 0.15) is 11.8 Å². The van der Waals surface area contributed by atoms with E-state index in [1.807, 2.05) is 26.0 Å². The minimum Gasteiger partial charge on any atom is -0.495 e. The molecule has 112 valence electrons. The number of amides is 1. The third-order valence-corrected chi connectivity index (χ3v) is 3.87. The van der Waals surface area contributed by atoms with Crippen LogP contribution in [0.5, 0.6) is 5.75 Å². The molecule has 21 heavy (non-hydrogen) atoms. The molecular formula is C15H19N3O3. The maximum absolute atomic E-state index is 11.2. The van der Waals surface area contributed by atoms with Crippen molar-refractivity contribution in [3.05, 3.63) is 23.8 Å². The SMILES string of the molecule is COc1cc(N2C[C@@H](C)N(C(=O)O)C[C@@H]2C)ccc1C#N. The molecule has 0 aliphatic carbocycles. The topological polar surface area (TPSA) is 76.8 Å². The molecule has 2 atom stereocenters. The van der Waals surface area contributed by atoms with Gasteiger partial charge in [-0.3, -0.25) is 0 Å². The number of carbonyl (C=O) groups is 1. The Balaban J connectivity index is 2.27. The van der Waals surface area contributed by atoms with Gasteiger partial charge in [-0.2, -0.15) is 5.26 Å². The van der Waals surface area contributed by atoms with Crippen LogP contribution in [0, 0.1) is 11.3 Å². The first-order valence-corrected chi connectivity index (χ1v) is 6.82. The highest BCUT2D eigenvalue weighted by Crippen LogP contribution is 2.29. The molecule has 6 nitrogen and oxygen atoms in total. The Morgan fingerprint density at radius 3 is 2.67 bits per heavy atom. The van der Waals surface area contributed by atoms with Crippen LogP contribution in [-0.2, 0) is 0 Å². The van der Waals surface area contributed by atoms with E-state index in [1.54, 1.807) is 6.07 Å². The maximum Gasteiger partial charge on any atom is 0.407 e. The molecule has 1 fully saturated rings. The Kier molecular flexibility index (Phi) is 4.22. The van der Waals surface area contributed by atoms with Crippen molar-refractivity contribution in [2.45, 2.75) is 25.9 Å². The molecule has 1 amide bonds. The van der Waals surface area contributed by atoms with E-state index in [1.165, 1.54) is 12.0 Å². The van der Waals surface area contributed by atoms with Crippen molar-refractivity contribution in [1.29, 1.82) is 5.26 Å². The monoisotopic (exact) mass is 289 g/mol. The lowest BCUT2D eigenvalue weighted by Gasteiger charge is -2.44. The molecule has 1 aromatic rings. The first kappa shape index (κ1) is 15.0. The van der Waals surface area contributed by atoms with Crippen LogP contribution < -0.4 is 9.64 Å². The van der Waals surface area contributed by atoms with Gasteiger partial charge in [-0.05, 0) is 26.0 Å². The summed E-state index contributed by atoms with van der Waals surface area (Å²) in [6.07, 6.45) is -0.883. The molecule has 1 aromatic carbocycles. The molecular weight excluding hydrogens is 270 g/mol. The maximum atomic E-state index is 11.2. The number of carboxylic acid groups (broad SMARTS) is 1. The Bertz CT molecular complexity index is 582. The molecule has 0 unspecified atom stereocenters. The Morgan fingerprint density at radius 2 is 2.10 bits per heavy atom. The fourth-order valence-corrected chi connectivity index (χ4v) is 2.70. The minimum absolute atomic E-state index is 0.0648. The lowest BCUT2D eigenvalue weighted by Crippen LogP contribution is -2.58. The first-order chi connectivity index (χ1) is 9.97. The molecule has 1 N–H and O–H groups in total. The number of hydrogen-bond donors (Lipinski definition) is 1. The fourth-order valence-electron chi connectivity index (χ4n) is 2.70. The molecule has 1 aliphatic rings. The van der Waals surface area contributed by atoms with Crippen LogP contribution in [0.25, 0.3) is 0 Å².